The van der Waals surface area contributed by atoms with E-state index in [2.05, 4.69) is 255 Å². The van der Waals surface area contributed by atoms with E-state index < -0.39 is 0 Å². The smallest absolute Gasteiger partial charge is 0.0462 e. The predicted octanol–water partition coefficient (Wildman–Crippen LogP) is 17.3. The minimum Gasteiger partial charge on any atom is -0.311 e. The summed E-state index contributed by atoms with van der Waals surface area (Å²) in [7, 11) is 0. The third-order valence-corrected chi connectivity index (χ3v) is 12.0. The van der Waals surface area contributed by atoms with Crippen LogP contribution in [0.3, 0.4) is 0 Å². The van der Waals surface area contributed by atoms with Gasteiger partial charge >= 0.3 is 0 Å². The molecule has 0 spiro atoms. The molecule has 10 aromatic rings. The minimum atomic E-state index is 1.10. The quantitative estimate of drug-likeness (QED) is 0.104. The summed E-state index contributed by atoms with van der Waals surface area (Å²) in [5.41, 5.74) is 15.4. The van der Waals surface area contributed by atoms with Crippen LogP contribution in [0.15, 0.2) is 237 Å². The summed E-state index contributed by atoms with van der Waals surface area (Å²) >= 11 is 0. The Hall–Kier alpha value is -7.74. The zero-order valence-corrected chi connectivity index (χ0v) is 34.5. The Morgan fingerprint density at radius 2 is 0.639 bits per heavy atom. The number of allylic oxidation sites excluding steroid dienone is 4. The Bertz CT molecular complexity index is 3170. The van der Waals surface area contributed by atoms with E-state index in [9.17, 15) is 0 Å². The fourth-order valence-corrected chi connectivity index (χ4v) is 8.83. The molecule has 0 aliphatic rings. The summed E-state index contributed by atoms with van der Waals surface area (Å²) in [6, 6.07) is 79.7. The highest BCUT2D eigenvalue weighted by molar-refractivity contribution is 6.26. The Kier molecular flexibility index (Phi) is 10.1. The molecule has 10 rings (SSSR count). The van der Waals surface area contributed by atoms with Crippen molar-refractivity contribution in [3.8, 4) is 44.5 Å². The average Bonchev–Trinajstić information content (AvgIpc) is 3.34. The number of fused-ring (bicyclic) bond motifs is 6. The highest BCUT2D eigenvalue weighted by Crippen LogP contribution is 2.41. The summed E-state index contributed by atoms with van der Waals surface area (Å²) in [6.07, 6.45) is 6.41. The molecule has 0 N–H and O–H groups in total. The van der Waals surface area contributed by atoms with Gasteiger partial charge in [0.05, 0.1) is 0 Å². The Balaban J connectivity index is 1.01. The van der Waals surface area contributed by atoms with Gasteiger partial charge in [0, 0.05) is 17.1 Å². The molecule has 0 saturated heterocycles. The van der Waals surface area contributed by atoms with Crippen LogP contribution in [0.5, 0.6) is 0 Å². The lowest BCUT2D eigenvalue weighted by atomic mass is 9.90. The van der Waals surface area contributed by atoms with Crippen LogP contribution in [0, 0.1) is 0 Å². The van der Waals surface area contributed by atoms with E-state index >= 15 is 0 Å². The molecule has 0 aromatic heterocycles. The second-order valence-corrected chi connectivity index (χ2v) is 15.6. The predicted molar refractivity (Wildman–Crippen MR) is 264 cm³/mol. The molecule has 290 valence electrons. The maximum absolute atomic E-state index is 2.38. The lowest BCUT2D eigenvalue weighted by molar-refractivity contribution is 1.28. The molecule has 10 aromatic carbocycles. The average molecular weight is 780 g/mol. The fourth-order valence-electron chi connectivity index (χ4n) is 8.83. The molecule has 1 heteroatoms. The number of rotatable bonds is 9. The first-order valence-corrected chi connectivity index (χ1v) is 21.1. The highest BCUT2D eigenvalue weighted by Gasteiger charge is 2.16. The van der Waals surface area contributed by atoms with Crippen LogP contribution < -0.4 is 4.90 Å². The number of nitrogens with zero attached hydrogens (tertiary/aromatic N) is 1. The number of benzene rings is 10. The standard InChI is InChI=1S/C60H45N/c1-3-13-42(4-2)45-24-32-52(33-25-45)61(53-34-26-47(27-35-53)44-16-9-6-10-17-44)54-36-28-49(29-37-54)51-31-39-58-57-38-30-50(40-59(57)55-18-11-12-19-56(55)60(58)41-51)48-22-20-46(21-23-48)43-14-7-5-8-15-43/h3-41H,1-2H3/b13-3-,42-4+. The van der Waals surface area contributed by atoms with Crippen molar-refractivity contribution in [2.45, 2.75) is 13.8 Å². The van der Waals surface area contributed by atoms with Crippen molar-refractivity contribution < 1.29 is 0 Å². The van der Waals surface area contributed by atoms with E-state index in [0.29, 0.717) is 0 Å². The molecule has 61 heavy (non-hydrogen) atoms. The van der Waals surface area contributed by atoms with Crippen molar-refractivity contribution in [2.75, 3.05) is 4.90 Å². The number of hydrogen-bond acceptors (Lipinski definition) is 1. The van der Waals surface area contributed by atoms with Crippen molar-refractivity contribution >= 4 is 55.0 Å². The minimum absolute atomic E-state index is 1.10. The second-order valence-electron chi connectivity index (χ2n) is 15.6. The molecule has 0 bridgehead atoms. The molecule has 0 saturated carbocycles. The van der Waals surface area contributed by atoms with Gasteiger partial charge in [0.25, 0.3) is 0 Å². The van der Waals surface area contributed by atoms with Gasteiger partial charge in [0.1, 0.15) is 0 Å². The fraction of sp³-hybridized carbons (Fsp3) is 0.0333. The SMILES string of the molecule is C/C=C\C(=C/C)c1ccc(N(c2ccc(-c3ccccc3)cc2)c2ccc(-c3ccc4c5ccc(-c6ccc(-c7ccccc7)cc6)cc5c5ccccc5c4c3)cc2)cc1. The van der Waals surface area contributed by atoms with Crippen LogP contribution in [-0.4, -0.2) is 0 Å². The van der Waals surface area contributed by atoms with Crippen LogP contribution >= 0.6 is 0 Å². The third-order valence-electron chi connectivity index (χ3n) is 12.0. The molecule has 0 heterocycles. The largest absolute Gasteiger partial charge is 0.311 e. The molecule has 0 radical (unpaired) electrons. The molecule has 0 atom stereocenters. The van der Waals surface area contributed by atoms with Crippen molar-refractivity contribution in [1.82, 2.24) is 0 Å². The van der Waals surface area contributed by atoms with Gasteiger partial charge in [-0.05, 0) is 150 Å². The summed E-state index contributed by atoms with van der Waals surface area (Å²) in [5.74, 6) is 0. The lowest BCUT2D eigenvalue weighted by Gasteiger charge is -2.26. The first kappa shape index (κ1) is 37.5. The Morgan fingerprint density at radius 3 is 1.05 bits per heavy atom. The zero-order chi connectivity index (χ0) is 41.1. The molecular formula is C60H45N. The lowest BCUT2D eigenvalue weighted by Crippen LogP contribution is -2.09. The van der Waals surface area contributed by atoms with Crippen molar-refractivity contribution in [3.63, 3.8) is 0 Å². The van der Waals surface area contributed by atoms with Gasteiger partial charge in [-0.15, -0.1) is 0 Å². The van der Waals surface area contributed by atoms with Crippen molar-refractivity contribution in [2.24, 2.45) is 0 Å². The van der Waals surface area contributed by atoms with Crippen LogP contribution in [0.25, 0.3) is 82.4 Å². The van der Waals surface area contributed by atoms with Crippen LogP contribution in [0.2, 0.25) is 0 Å². The van der Waals surface area contributed by atoms with E-state index in [1.807, 2.05) is 0 Å². The zero-order valence-electron chi connectivity index (χ0n) is 34.5. The summed E-state index contributed by atoms with van der Waals surface area (Å²) in [5, 5.41) is 7.62. The molecule has 0 aliphatic carbocycles. The molecule has 0 aliphatic heterocycles. The van der Waals surface area contributed by atoms with Crippen LogP contribution in [0.1, 0.15) is 19.4 Å². The van der Waals surface area contributed by atoms with Gasteiger partial charge in [0.2, 0.25) is 0 Å². The Morgan fingerprint density at radius 1 is 0.311 bits per heavy atom. The summed E-state index contributed by atoms with van der Waals surface area (Å²) in [4.78, 5) is 2.35. The summed E-state index contributed by atoms with van der Waals surface area (Å²) in [6.45, 7) is 4.15. The number of anilines is 3. The van der Waals surface area contributed by atoms with Gasteiger partial charge in [0.15, 0.2) is 0 Å². The normalized spacial score (nSPS) is 11.8. The van der Waals surface area contributed by atoms with Gasteiger partial charge in [-0.3, -0.25) is 0 Å². The topological polar surface area (TPSA) is 3.24 Å². The first-order chi connectivity index (χ1) is 30.1. The van der Waals surface area contributed by atoms with E-state index in [1.165, 1.54) is 88.0 Å². The van der Waals surface area contributed by atoms with Crippen LogP contribution in [0.4, 0.5) is 17.1 Å². The molecule has 0 unspecified atom stereocenters. The molecule has 0 amide bonds. The van der Waals surface area contributed by atoms with Gasteiger partial charge in [-0.1, -0.05) is 188 Å². The van der Waals surface area contributed by atoms with E-state index in [0.717, 1.165) is 17.1 Å². The maximum Gasteiger partial charge on any atom is 0.0462 e. The summed E-state index contributed by atoms with van der Waals surface area (Å²) < 4.78 is 0. The Labute approximate surface area is 358 Å². The highest BCUT2D eigenvalue weighted by atomic mass is 15.1. The van der Waals surface area contributed by atoms with Gasteiger partial charge < -0.3 is 4.90 Å². The van der Waals surface area contributed by atoms with Gasteiger partial charge in [-0.2, -0.15) is 0 Å². The van der Waals surface area contributed by atoms with E-state index in [4.69, 9.17) is 0 Å². The van der Waals surface area contributed by atoms with Crippen molar-refractivity contribution in [3.05, 3.63) is 242 Å². The maximum atomic E-state index is 2.38. The number of hydrogen-bond donors (Lipinski definition) is 0. The monoisotopic (exact) mass is 779 g/mol. The molecule has 1 nitrogen and oxygen atoms in total. The third kappa shape index (κ3) is 7.32. The van der Waals surface area contributed by atoms with Crippen molar-refractivity contribution in [1.29, 1.82) is 0 Å². The molecular weight excluding hydrogens is 735 g/mol. The second kappa shape index (κ2) is 16.5. The van der Waals surface area contributed by atoms with E-state index in [-0.39, 0.29) is 0 Å². The molecule has 0 fully saturated rings. The van der Waals surface area contributed by atoms with Crippen LogP contribution in [-0.2, 0) is 0 Å². The van der Waals surface area contributed by atoms with E-state index in [1.54, 1.807) is 0 Å². The van der Waals surface area contributed by atoms with Gasteiger partial charge in [-0.25, -0.2) is 0 Å². The first-order valence-electron chi connectivity index (χ1n) is 21.1.